The number of amides is 1. The van der Waals surface area contributed by atoms with Crippen molar-refractivity contribution in [2.75, 3.05) is 12.5 Å². The molecule has 0 spiro atoms. The number of fused-ring (bicyclic) bond motifs is 2. The van der Waals surface area contributed by atoms with Gasteiger partial charge >= 0.3 is 0 Å². The number of rotatable bonds is 2. The van der Waals surface area contributed by atoms with Crippen LogP contribution in [-0.2, 0) is 4.79 Å². The zero-order chi connectivity index (χ0) is 17.4. The summed E-state index contributed by atoms with van der Waals surface area (Å²) < 4.78 is 0. The standard InChI is InChI=1S/C18H16N4OS2/c1-24-12-9-7-11(8-10-12)16-19-14-6-4-3-5-13(14)15-17(23)20-18(25-2)21-22(15)16/h3-10,16H,1-2H3,(H,20,21,23)/t16-/m1/s1. The van der Waals surface area contributed by atoms with Gasteiger partial charge in [-0.15, -0.1) is 16.9 Å². The normalized spacial score (nSPS) is 18.7. The minimum atomic E-state index is -0.353. The fraction of sp³-hybridized carbons (Fsp3) is 0.167. The Balaban J connectivity index is 1.93. The van der Waals surface area contributed by atoms with Crippen LogP contribution in [0.2, 0.25) is 0 Å². The molecule has 25 heavy (non-hydrogen) atoms. The van der Waals surface area contributed by atoms with Gasteiger partial charge in [-0.05, 0) is 36.3 Å². The van der Waals surface area contributed by atoms with Gasteiger partial charge in [-0.25, -0.2) is 5.01 Å². The number of amidine groups is 1. The summed E-state index contributed by atoms with van der Waals surface area (Å²) in [4.78, 5) is 18.8. The first-order chi connectivity index (χ1) is 12.2. The summed E-state index contributed by atoms with van der Waals surface area (Å²) in [6.07, 6.45) is 3.59. The van der Waals surface area contributed by atoms with Crippen molar-refractivity contribution in [3.05, 3.63) is 64.7 Å². The Kier molecular flexibility index (Phi) is 4.27. The highest BCUT2D eigenvalue weighted by Gasteiger charge is 2.33. The van der Waals surface area contributed by atoms with Crippen LogP contribution in [0.4, 0.5) is 0 Å². The van der Waals surface area contributed by atoms with Crippen molar-refractivity contribution in [1.82, 2.24) is 10.3 Å². The molecule has 1 N–H and O–H groups in total. The van der Waals surface area contributed by atoms with Crippen LogP contribution in [0.1, 0.15) is 11.7 Å². The average molecular weight is 368 g/mol. The Labute approximate surface area is 153 Å². The fourth-order valence-electron chi connectivity index (χ4n) is 2.91. The van der Waals surface area contributed by atoms with Crippen molar-refractivity contribution < 1.29 is 4.79 Å². The highest BCUT2D eigenvalue weighted by molar-refractivity contribution is 8.13. The molecule has 2 aromatic rings. The van der Waals surface area contributed by atoms with Gasteiger partial charge in [0.2, 0.25) is 0 Å². The van der Waals surface area contributed by atoms with Gasteiger partial charge in [-0.2, -0.15) is 0 Å². The van der Waals surface area contributed by atoms with Crippen LogP contribution in [0.5, 0.6) is 0 Å². The maximum absolute atomic E-state index is 12.7. The molecule has 0 bridgehead atoms. The fourth-order valence-corrected chi connectivity index (χ4v) is 3.69. The van der Waals surface area contributed by atoms with Gasteiger partial charge in [0, 0.05) is 10.1 Å². The molecule has 0 radical (unpaired) electrons. The summed E-state index contributed by atoms with van der Waals surface area (Å²) in [6.45, 7) is 0. The van der Waals surface area contributed by atoms with Crippen LogP contribution >= 0.6 is 23.5 Å². The van der Waals surface area contributed by atoms with Crippen molar-refractivity contribution in [3.63, 3.8) is 0 Å². The first-order valence-electron chi connectivity index (χ1n) is 7.75. The van der Waals surface area contributed by atoms with Crippen LogP contribution in [0.25, 0.3) is 5.70 Å². The van der Waals surface area contributed by atoms with E-state index in [0.717, 1.165) is 16.1 Å². The summed E-state index contributed by atoms with van der Waals surface area (Å²) in [5.74, 6) is -0.146. The predicted octanol–water partition coefficient (Wildman–Crippen LogP) is 1.91. The zero-order valence-corrected chi connectivity index (χ0v) is 15.4. The summed E-state index contributed by atoms with van der Waals surface area (Å²) in [5.41, 5.74) is 1.55. The maximum Gasteiger partial charge on any atom is 0.276 e. The Bertz CT molecular complexity index is 985. The number of carbonyl (C=O) groups excluding carboxylic acids is 1. The number of benzene rings is 2. The van der Waals surface area contributed by atoms with Gasteiger partial charge in [-0.1, -0.05) is 42.1 Å². The second-order valence-electron chi connectivity index (χ2n) is 5.55. The number of nitrogens with one attached hydrogen (secondary N) is 1. The molecule has 0 unspecified atom stereocenters. The van der Waals surface area contributed by atoms with Crippen molar-refractivity contribution in [1.29, 1.82) is 0 Å². The van der Waals surface area contributed by atoms with E-state index in [1.807, 2.05) is 48.9 Å². The topological polar surface area (TPSA) is 57.1 Å². The molecule has 7 heteroatoms. The molecule has 0 aromatic heterocycles. The summed E-state index contributed by atoms with van der Waals surface area (Å²) in [7, 11) is 0. The van der Waals surface area contributed by atoms with E-state index in [1.165, 1.54) is 16.7 Å². The minimum absolute atomic E-state index is 0.146. The number of hydrazone groups is 1. The molecule has 2 aliphatic rings. The number of thioether (sulfide) groups is 2. The first-order valence-corrected chi connectivity index (χ1v) is 10.2. The molecule has 0 fully saturated rings. The number of para-hydroxylation sites is 1. The minimum Gasteiger partial charge on any atom is -0.298 e. The Morgan fingerprint density at radius 3 is 2.52 bits per heavy atom. The van der Waals surface area contributed by atoms with Gasteiger partial charge in [0.25, 0.3) is 5.91 Å². The van der Waals surface area contributed by atoms with E-state index in [2.05, 4.69) is 22.6 Å². The number of hydrogen-bond donors (Lipinski definition) is 1. The van der Waals surface area contributed by atoms with Crippen molar-refractivity contribution in [3.8, 4) is 0 Å². The van der Waals surface area contributed by atoms with Gasteiger partial charge in [-0.3, -0.25) is 15.1 Å². The van der Waals surface area contributed by atoms with Crippen LogP contribution in [0, 0.1) is 0 Å². The van der Waals surface area contributed by atoms with Gasteiger partial charge in [0.15, 0.2) is 11.3 Å². The molecule has 0 aliphatic carbocycles. The molecule has 1 atom stereocenters. The summed E-state index contributed by atoms with van der Waals surface area (Å²) in [6, 6.07) is 15.9. The molecule has 2 aliphatic heterocycles. The molecule has 4 rings (SSSR count). The maximum atomic E-state index is 12.7. The third-order valence-electron chi connectivity index (χ3n) is 4.12. The van der Waals surface area contributed by atoms with Crippen LogP contribution in [0.15, 0.2) is 63.5 Å². The lowest BCUT2D eigenvalue weighted by Crippen LogP contribution is -2.50. The zero-order valence-electron chi connectivity index (χ0n) is 13.8. The van der Waals surface area contributed by atoms with E-state index in [1.54, 1.807) is 16.8 Å². The second kappa shape index (κ2) is 6.57. The molecule has 2 aromatic carbocycles. The lowest BCUT2D eigenvalue weighted by Gasteiger charge is -2.33. The lowest BCUT2D eigenvalue weighted by atomic mass is 10.1. The molecule has 126 valence electrons. The summed E-state index contributed by atoms with van der Waals surface area (Å²) >= 11 is 3.10. The first kappa shape index (κ1) is 16.2. The predicted molar refractivity (Wildman–Crippen MR) is 103 cm³/mol. The average Bonchev–Trinajstić information content (AvgIpc) is 2.67. The second-order valence-corrected chi connectivity index (χ2v) is 7.22. The number of hydrogen-bond acceptors (Lipinski definition) is 6. The van der Waals surface area contributed by atoms with E-state index in [9.17, 15) is 4.79 Å². The lowest BCUT2D eigenvalue weighted by molar-refractivity contribution is -0.116. The van der Waals surface area contributed by atoms with E-state index in [-0.39, 0.29) is 12.1 Å². The Morgan fingerprint density at radius 1 is 1.04 bits per heavy atom. The largest absolute Gasteiger partial charge is 0.298 e. The van der Waals surface area contributed by atoms with E-state index >= 15 is 0 Å². The monoisotopic (exact) mass is 368 g/mol. The molecule has 1 amide bonds. The van der Waals surface area contributed by atoms with Gasteiger partial charge in [0.1, 0.15) is 5.70 Å². The quantitative estimate of drug-likeness (QED) is 0.823. The molecule has 2 heterocycles. The molecule has 0 saturated heterocycles. The Hall–Kier alpha value is -2.25. The number of nitrogens with zero attached hydrogens (tertiary/aromatic N) is 3. The smallest absolute Gasteiger partial charge is 0.276 e. The van der Waals surface area contributed by atoms with Crippen LogP contribution < -0.4 is 15.9 Å². The molecular formula is C18H16N4OS2. The van der Waals surface area contributed by atoms with Crippen LogP contribution in [0.3, 0.4) is 0 Å². The highest BCUT2D eigenvalue weighted by Crippen LogP contribution is 2.31. The third-order valence-corrected chi connectivity index (χ3v) is 5.44. The van der Waals surface area contributed by atoms with Crippen molar-refractivity contribution in [2.24, 2.45) is 10.1 Å². The molecule has 5 nitrogen and oxygen atoms in total. The van der Waals surface area contributed by atoms with E-state index in [4.69, 9.17) is 4.99 Å². The third kappa shape index (κ3) is 2.83. The van der Waals surface area contributed by atoms with Gasteiger partial charge < -0.3 is 0 Å². The molecule has 0 saturated carbocycles. The van der Waals surface area contributed by atoms with Gasteiger partial charge in [0.05, 0.1) is 5.36 Å². The SMILES string of the molecule is CSC1=NN2C(=c3ccccc3=N[C@H]2c2ccc(SC)cc2)C(=O)N1. The van der Waals surface area contributed by atoms with Crippen molar-refractivity contribution in [2.45, 2.75) is 11.1 Å². The Morgan fingerprint density at radius 2 is 1.80 bits per heavy atom. The van der Waals surface area contributed by atoms with E-state index in [0.29, 0.717) is 10.9 Å². The van der Waals surface area contributed by atoms with E-state index < -0.39 is 0 Å². The molecular weight excluding hydrogens is 352 g/mol. The van der Waals surface area contributed by atoms with Crippen LogP contribution in [-0.4, -0.2) is 28.6 Å². The summed E-state index contributed by atoms with van der Waals surface area (Å²) in [5, 5.41) is 11.4. The highest BCUT2D eigenvalue weighted by atomic mass is 32.2. The van der Waals surface area contributed by atoms with Crippen molar-refractivity contribution >= 4 is 40.3 Å². The number of carbonyl (C=O) groups is 1.